The van der Waals surface area contributed by atoms with Crippen molar-refractivity contribution in [2.75, 3.05) is 10.5 Å². The monoisotopic (exact) mass is 325 g/mol. The van der Waals surface area contributed by atoms with Gasteiger partial charge in [-0.15, -0.1) is 0 Å². The fraction of sp³-hybridized carbons (Fsp3) is 0.400. The lowest BCUT2D eigenvalue weighted by Crippen LogP contribution is -2.07. The second-order valence-corrected chi connectivity index (χ2v) is 6.89. The molecule has 0 radical (unpaired) electrons. The summed E-state index contributed by atoms with van der Waals surface area (Å²) in [5, 5.41) is 5.13. The molecule has 0 saturated carbocycles. The van der Waals surface area contributed by atoms with E-state index in [1.165, 1.54) is 0 Å². The molecule has 1 aromatic carbocycles. The van der Waals surface area contributed by atoms with Crippen LogP contribution < -0.4 is 4.72 Å². The minimum atomic E-state index is -1.08. The first-order chi connectivity index (χ1) is 9.99. The molecule has 1 atom stereocenters. The summed E-state index contributed by atoms with van der Waals surface area (Å²) in [6.45, 7) is 6.16. The molecule has 0 aliphatic heterocycles. The van der Waals surface area contributed by atoms with Crippen LogP contribution in [0.4, 0.5) is 5.69 Å². The van der Waals surface area contributed by atoms with Gasteiger partial charge in [-0.1, -0.05) is 18.5 Å². The molecule has 0 spiro atoms. The van der Waals surface area contributed by atoms with Gasteiger partial charge < -0.3 is 4.72 Å². The average molecular weight is 326 g/mol. The van der Waals surface area contributed by atoms with Gasteiger partial charge in [0.05, 0.1) is 5.69 Å². The summed E-state index contributed by atoms with van der Waals surface area (Å²) in [5.74, 6) is 0.615. The molecule has 0 bridgehead atoms. The maximum absolute atomic E-state index is 11.8. The number of hydrogen-bond donors (Lipinski definition) is 1. The first-order valence-electron chi connectivity index (χ1n) is 7.00. The fourth-order valence-electron chi connectivity index (χ4n) is 1.94. The number of anilines is 1. The number of rotatable bonds is 6. The number of nitrogens with one attached hydrogen (secondary N) is 1. The normalized spacial score (nSPS) is 12.6. The zero-order valence-corrected chi connectivity index (χ0v) is 14.0. The highest BCUT2D eigenvalue weighted by atomic mass is 35.5. The Hall–Kier alpha value is -1.33. The molecule has 4 nitrogen and oxygen atoms in total. The molecule has 0 fully saturated rings. The van der Waals surface area contributed by atoms with Gasteiger partial charge in [-0.05, 0) is 44.5 Å². The van der Waals surface area contributed by atoms with Gasteiger partial charge >= 0.3 is 0 Å². The lowest BCUT2D eigenvalue weighted by Gasteiger charge is -2.08. The quantitative estimate of drug-likeness (QED) is 0.862. The summed E-state index contributed by atoms with van der Waals surface area (Å²) in [6, 6.07) is 7.83. The SMILES string of the molecule is CCCS(=O)Nc1cc(Cl)cc(-c2ccn(C(C)C)n2)c1. The summed E-state index contributed by atoms with van der Waals surface area (Å²) < 4.78 is 16.7. The van der Waals surface area contributed by atoms with E-state index in [-0.39, 0.29) is 0 Å². The van der Waals surface area contributed by atoms with E-state index < -0.39 is 11.0 Å². The van der Waals surface area contributed by atoms with Crippen LogP contribution in [0.15, 0.2) is 30.5 Å². The first-order valence-corrected chi connectivity index (χ1v) is 8.70. The molecule has 1 N–H and O–H groups in total. The third-order valence-corrected chi connectivity index (χ3v) is 4.41. The third kappa shape index (κ3) is 4.32. The van der Waals surface area contributed by atoms with E-state index in [0.717, 1.165) is 23.4 Å². The molecule has 6 heteroatoms. The van der Waals surface area contributed by atoms with Crippen LogP contribution in [0.25, 0.3) is 11.3 Å². The van der Waals surface area contributed by atoms with Crippen molar-refractivity contribution in [2.45, 2.75) is 33.2 Å². The topological polar surface area (TPSA) is 46.9 Å². The van der Waals surface area contributed by atoms with E-state index in [1.807, 2.05) is 36.0 Å². The van der Waals surface area contributed by atoms with Gasteiger partial charge in [-0.25, -0.2) is 4.21 Å². The van der Waals surface area contributed by atoms with E-state index >= 15 is 0 Å². The number of benzene rings is 1. The highest BCUT2D eigenvalue weighted by molar-refractivity contribution is 7.86. The van der Waals surface area contributed by atoms with Crippen molar-refractivity contribution < 1.29 is 4.21 Å². The van der Waals surface area contributed by atoms with Gasteiger partial charge in [0, 0.05) is 34.3 Å². The Morgan fingerprint density at radius 1 is 1.38 bits per heavy atom. The van der Waals surface area contributed by atoms with Gasteiger partial charge in [-0.3, -0.25) is 4.68 Å². The highest BCUT2D eigenvalue weighted by Crippen LogP contribution is 2.27. The Morgan fingerprint density at radius 3 is 2.76 bits per heavy atom. The van der Waals surface area contributed by atoms with Gasteiger partial charge in [0.1, 0.15) is 11.0 Å². The minimum Gasteiger partial charge on any atom is -0.305 e. The highest BCUT2D eigenvalue weighted by Gasteiger charge is 2.08. The van der Waals surface area contributed by atoms with E-state index in [2.05, 4.69) is 23.7 Å². The van der Waals surface area contributed by atoms with Gasteiger partial charge in [0.25, 0.3) is 0 Å². The summed E-state index contributed by atoms with van der Waals surface area (Å²) in [4.78, 5) is 0. The molecule has 1 unspecified atom stereocenters. The molecule has 1 aromatic heterocycles. The van der Waals surface area contributed by atoms with Gasteiger partial charge in [0.15, 0.2) is 0 Å². The number of nitrogens with zero attached hydrogens (tertiary/aromatic N) is 2. The average Bonchev–Trinajstić information content (AvgIpc) is 2.87. The van der Waals surface area contributed by atoms with Crippen molar-refractivity contribution in [1.29, 1.82) is 0 Å². The molecular formula is C15H20ClN3OS. The molecule has 2 rings (SSSR count). The summed E-state index contributed by atoms with van der Waals surface area (Å²) in [7, 11) is -1.08. The maximum atomic E-state index is 11.8. The van der Waals surface area contributed by atoms with Crippen LogP contribution in [-0.4, -0.2) is 19.7 Å². The summed E-state index contributed by atoms with van der Waals surface area (Å²) in [5.41, 5.74) is 2.52. The zero-order chi connectivity index (χ0) is 15.4. The number of hydrogen-bond acceptors (Lipinski definition) is 2. The minimum absolute atomic E-state index is 0.313. The Bertz CT molecular complexity index is 640. The molecule has 1 heterocycles. The van der Waals surface area contributed by atoms with Gasteiger partial charge in [0.2, 0.25) is 0 Å². The van der Waals surface area contributed by atoms with E-state index in [4.69, 9.17) is 11.6 Å². The van der Waals surface area contributed by atoms with E-state index in [9.17, 15) is 4.21 Å². The summed E-state index contributed by atoms with van der Waals surface area (Å²) in [6.07, 6.45) is 2.81. The predicted octanol–water partition coefficient (Wildman–Crippen LogP) is 4.27. The molecule has 0 aliphatic carbocycles. The fourth-order valence-corrected chi connectivity index (χ4v) is 3.03. The Balaban J connectivity index is 2.27. The second kappa shape index (κ2) is 7.09. The molecule has 114 valence electrons. The van der Waals surface area contributed by atoms with Crippen molar-refractivity contribution in [3.8, 4) is 11.3 Å². The number of aromatic nitrogens is 2. The molecule has 0 saturated heterocycles. The lowest BCUT2D eigenvalue weighted by atomic mass is 10.1. The Kier molecular flexibility index (Phi) is 5.42. The van der Waals surface area contributed by atoms with Crippen molar-refractivity contribution in [2.24, 2.45) is 0 Å². The van der Waals surface area contributed by atoms with Crippen LogP contribution in [0, 0.1) is 0 Å². The van der Waals surface area contributed by atoms with Crippen LogP contribution in [0.1, 0.15) is 33.2 Å². The molecule has 0 amide bonds. The Labute approximate surface area is 133 Å². The number of halogens is 1. The van der Waals surface area contributed by atoms with Crippen LogP contribution in [0.3, 0.4) is 0 Å². The third-order valence-electron chi connectivity index (χ3n) is 2.95. The standard InChI is InChI=1S/C15H20ClN3OS/c1-4-7-21(20)18-14-9-12(8-13(16)10-14)15-5-6-19(17-15)11(2)3/h5-6,8-11,18H,4,7H2,1-3H3. The molecule has 0 aliphatic rings. The van der Waals surface area contributed by atoms with Crippen molar-refractivity contribution in [1.82, 2.24) is 9.78 Å². The maximum Gasteiger partial charge on any atom is 0.117 e. The van der Waals surface area contributed by atoms with Crippen LogP contribution in [0.5, 0.6) is 0 Å². The predicted molar refractivity (Wildman–Crippen MR) is 90.0 cm³/mol. The zero-order valence-electron chi connectivity index (χ0n) is 12.5. The van der Waals surface area contributed by atoms with Crippen LogP contribution >= 0.6 is 11.6 Å². The molecule has 2 aromatic rings. The largest absolute Gasteiger partial charge is 0.305 e. The second-order valence-electron chi connectivity index (χ2n) is 5.16. The smallest absolute Gasteiger partial charge is 0.117 e. The summed E-state index contributed by atoms with van der Waals surface area (Å²) >= 11 is 6.16. The van der Waals surface area contributed by atoms with Crippen molar-refractivity contribution >= 4 is 28.3 Å². The first kappa shape index (κ1) is 16.0. The van der Waals surface area contributed by atoms with E-state index in [0.29, 0.717) is 16.8 Å². The molecular weight excluding hydrogens is 306 g/mol. The van der Waals surface area contributed by atoms with Crippen LogP contribution in [-0.2, 0) is 11.0 Å². The van der Waals surface area contributed by atoms with E-state index in [1.54, 1.807) is 6.07 Å². The molecule has 21 heavy (non-hydrogen) atoms. The lowest BCUT2D eigenvalue weighted by molar-refractivity contribution is 0.534. The van der Waals surface area contributed by atoms with Crippen molar-refractivity contribution in [3.63, 3.8) is 0 Å². The van der Waals surface area contributed by atoms with Crippen molar-refractivity contribution in [3.05, 3.63) is 35.5 Å². The van der Waals surface area contributed by atoms with Crippen LogP contribution in [0.2, 0.25) is 5.02 Å². The Morgan fingerprint density at radius 2 is 2.14 bits per heavy atom. The van der Waals surface area contributed by atoms with Gasteiger partial charge in [-0.2, -0.15) is 5.10 Å².